The molecule has 0 rings (SSSR count). The van der Waals surface area contributed by atoms with Crippen LogP contribution in [0.4, 0.5) is 0 Å². The molecule has 0 saturated heterocycles. The van der Waals surface area contributed by atoms with Gasteiger partial charge in [-0.3, -0.25) is 4.57 Å². The number of hydrogen-bond acceptors (Lipinski definition) is 3. The SMILES string of the molecule is C=CCP(=O)(OC(CC)CC)OC(CC)CC. The Morgan fingerprint density at radius 1 is 1.00 bits per heavy atom. The fraction of sp³-hybridized carbons (Fsp3) is 0.846. The van der Waals surface area contributed by atoms with Gasteiger partial charge in [0.25, 0.3) is 0 Å². The van der Waals surface area contributed by atoms with Crippen LogP contribution in [0.3, 0.4) is 0 Å². The van der Waals surface area contributed by atoms with Gasteiger partial charge < -0.3 is 9.05 Å². The quantitative estimate of drug-likeness (QED) is 0.420. The minimum Gasteiger partial charge on any atom is -0.305 e. The summed E-state index contributed by atoms with van der Waals surface area (Å²) < 4.78 is 23.9. The van der Waals surface area contributed by atoms with Gasteiger partial charge in [0, 0.05) is 0 Å². The summed E-state index contributed by atoms with van der Waals surface area (Å²) in [5, 5.41) is 0. The molecule has 0 heterocycles. The monoisotopic (exact) mass is 262 g/mol. The smallest absolute Gasteiger partial charge is 0.305 e. The second-order valence-corrected chi connectivity index (χ2v) is 6.18. The maximum absolute atomic E-state index is 12.6. The van der Waals surface area contributed by atoms with Gasteiger partial charge in [0.1, 0.15) is 0 Å². The topological polar surface area (TPSA) is 35.5 Å². The highest BCUT2D eigenvalue weighted by Gasteiger charge is 2.28. The van der Waals surface area contributed by atoms with E-state index >= 15 is 0 Å². The van der Waals surface area contributed by atoms with Crippen molar-refractivity contribution < 1.29 is 13.6 Å². The Hall–Kier alpha value is -0.110. The van der Waals surface area contributed by atoms with E-state index in [0.29, 0.717) is 6.16 Å². The maximum atomic E-state index is 12.6. The van der Waals surface area contributed by atoms with Crippen molar-refractivity contribution in [1.82, 2.24) is 0 Å². The Balaban J connectivity index is 4.64. The lowest BCUT2D eigenvalue weighted by molar-refractivity contribution is 0.106. The van der Waals surface area contributed by atoms with Crippen LogP contribution in [0.15, 0.2) is 12.7 Å². The van der Waals surface area contributed by atoms with E-state index < -0.39 is 7.60 Å². The molecule has 0 amide bonds. The third-order valence-corrected chi connectivity index (χ3v) is 4.74. The first-order chi connectivity index (χ1) is 8.05. The largest absolute Gasteiger partial charge is 0.334 e. The van der Waals surface area contributed by atoms with Crippen LogP contribution in [0.1, 0.15) is 53.4 Å². The van der Waals surface area contributed by atoms with Crippen molar-refractivity contribution in [3.63, 3.8) is 0 Å². The highest BCUT2D eigenvalue weighted by Crippen LogP contribution is 2.51. The molecule has 0 atom stereocenters. The van der Waals surface area contributed by atoms with Crippen molar-refractivity contribution >= 4 is 7.60 Å². The summed E-state index contributed by atoms with van der Waals surface area (Å²) in [4.78, 5) is 0. The van der Waals surface area contributed by atoms with Gasteiger partial charge >= 0.3 is 7.60 Å². The molecule has 17 heavy (non-hydrogen) atoms. The molecule has 0 bridgehead atoms. The van der Waals surface area contributed by atoms with E-state index in [9.17, 15) is 4.57 Å². The number of allylic oxidation sites excluding steroid dienone is 1. The Morgan fingerprint density at radius 2 is 1.35 bits per heavy atom. The van der Waals surface area contributed by atoms with Crippen LogP contribution in [0.25, 0.3) is 0 Å². The summed E-state index contributed by atoms with van der Waals surface area (Å²) in [6, 6.07) is 0. The Morgan fingerprint density at radius 3 is 1.59 bits per heavy atom. The standard InChI is InChI=1S/C13H27O3P/c1-6-11-17(14,15-12(7-2)8-3)16-13(9-4)10-5/h6,12-13H,1,7-11H2,2-5H3. The molecule has 0 aliphatic heterocycles. The molecule has 0 radical (unpaired) electrons. The van der Waals surface area contributed by atoms with E-state index in [0.717, 1.165) is 25.7 Å². The highest BCUT2D eigenvalue weighted by atomic mass is 31.2. The third kappa shape index (κ3) is 6.40. The first-order valence-electron chi connectivity index (χ1n) is 6.61. The lowest BCUT2D eigenvalue weighted by Gasteiger charge is -2.26. The van der Waals surface area contributed by atoms with Gasteiger partial charge in [0.05, 0.1) is 18.4 Å². The lowest BCUT2D eigenvalue weighted by Crippen LogP contribution is -2.16. The molecule has 0 saturated carbocycles. The molecule has 0 aromatic heterocycles. The van der Waals surface area contributed by atoms with Crippen LogP contribution in [-0.4, -0.2) is 18.4 Å². The van der Waals surface area contributed by atoms with Crippen LogP contribution < -0.4 is 0 Å². The zero-order valence-corrected chi connectivity index (χ0v) is 12.5. The van der Waals surface area contributed by atoms with E-state index in [-0.39, 0.29) is 12.2 Å². The number of rotatable bonds is 10. The summed E-state index contributed by atoms with van der Waals surface area (Å²) in [5.74, 6) is 0. The van der Waals surface area contributed by atoms with Gasteiger partial charge in [-0.25, -0.2) is 0 Å². The summed E-state index contributed by atoms with van der Waals surface area (Å²) in [6.45, 7) is 11.8. The summed E-state index contributed by atoms with van der Waals surface area (Å²) in [6.07, 6.45) is 5.33. The molecule has 0 aliphatic carbocycles. The van der Waals surface area contributed by atoms with Gasteiger partial charge in [0.15, 0.2) is 0 Å². The molecule has 0 spiro atoms. The molecular weight excluding hydrogens is 235 g/mol. The number of hydrogen-bond donors (Lipinski definition) is 0. The Bertz CT molecular complexity index is 227. The van der Waals surface area contributed by atoms with Gasteiger partial charge in [-0.1, -0.05) is 33.8 Å². The zero-order valence-electron chi connectivity index (χ0n) is 11.6. The van der Waals surface area contributed by atoms with E-state index in [4.69, 9.17) is 9.05 Å². The molecule has 0 unspecified atom stereocenters. The minimum atomic E-state index is -3.02. The van der Waals surface area contributed by atoms with Crippen molar-refractivity contribution in [2.75, 3.05) is 6.16 Å². The second-order valence-electron chi connectivity index (χ2n) is 4.17. The van der Waals surface area contributed by atoms with Crippen molar-refractivity contribution in [2.45, 2.75) is 65.6 Å². The maximum Gasteiger partial charge on any atom is 0.334 e. The fourth-order valence-electron chi connectivity index (χ4n) is 1.60. The molecule has 0 N–H and O–H groups in total. The summed E-state index contributed by atoms with van der Waals surface area (Å²) in [5.41, 5.74) is 0. The average Bonchev–Trinajstić information content (AvgIpc) is 2.33. The van der Waals surface area contributed by atoms with Crippen LogP contribution in [0.2, 0.25) is 0 Å². The van der Waals surface area contributed by atoms with Gasteiger partial charge in [0.2, 0.25) is 0 Å². The van der Waals surface area contributed by atoms with Crippen LogP contribution in [0.5, 0.6) is 0 Å². The average molecular weight is 262 g/mol. The molecule has 0 aromatic carbocycles. The van der Waals surface area contributed by atoms with Gasteiger partial charge in [-0.15, -0.1) is 6.58 Å². The molecule has 3 nitrogen and oxygen atoms in total. The van der Waals surface area contributed by atoms with E-state index in [1.807, 2.05) is 27.7 Å². The van der Waals surface area contributed by atoms with Crippen molar-refractivity contribution in [3.8, 4) is 0 Å². The molecule has 0 aromatic rings. The van der Waals surface area contributed by atoms with Crippen LogP contribution >= 0.6 is 7.60 Å². The zero-order chi connectivity index (χ0) is 13.3. The van der Waals surface area contributed by atoms with Crippen molar-refractivity contribution in [2.24, 2.45) is 0 Å². The summed E-state index contributed by atoms with van der Waals surface area (Å²) in [7, 11) is -3.02. The first kappa shape index (κ1) is 16.9. The van der Waals surface area contributed by atoms with Crippen molar-refractivity contribution in [1.29, 1.82) is 0 Å². The molecule has 0 fully saturated rings. The normalized spacial score (nSPS) is 12.4. The lowest BCUT2D eigenvalue weighted by atomic mass is 10.2. The van der Waals surface area contributed by atoms with E-state index in [1.54, 1.807) is 6.08 Å². The highest BCUT2D eigenvalue weighted by molar-refractivity contribution is 7.54. The molecule has 102 valence electrons. The first-order valence-corrected chi connectivity index (χ1v) is 8.34. The van der Waals surface area contributed by atoms with E-state index in [2.05, 4.69) is 6.58 Å². The Labute approximate surface area is 106 Å². The molecular formula is C13H27O3P. The third-order valence-electron chi connectivity index (χ3n) is 2.79. The summed E-state index contributed by atoms with van der Waals surface area (Å²) >= 11 is 0. The molecule has 0 aliphatic rings. The predicted octanol–water partition coefficient (Wildman–Crippen LogP) is 4.78. The predicted molar refractivity (Wildman–Crippen MR) is 73.6 cm³/mol. The van der Waals surface area contributed by atoms with Gasteiger partial charge in [-0.2, -0.15) is 0 Å². The van der Waals surface area contributed by atoms with Crippen LogP contribution in [0, 0.1) is 0 Å². The minimum absolute atomic E-state index is 0.00939. The second kappa shape index (κ2) is 8.91. The van der Waals surface area contributed by atoms with E-state index in [1.165, 1.54) is 0 Å². The fourth-order valence-corrected chi connectivity index (χ4v) is 3.64. The Kier molecular flexibility index (Phi) is 8.85. The van der Waals surface area contributed by atoms with Crippen molar-refractivity contribution in [3.05, 3.63) is 12.7 Å². The van der Waals surface area contributed by atoms with Crippen LogP contribution in [-0.2, 0) is 13.6 Å². The van der Waals surface area contributed by atoms with Gasteiger partial charge in [-0.05, 0) is 25.7 Å². The molecule has 4 heteroatoms.